The van der Waals surface area contributed by atoms with Gasteiger partial charge in [-0.05, 0) is 43.4 Å². The molecule has 0 bridgehead atoms. The van der Waals surface area contributed by atoms with Crippen LogP contribution in [0.3, 0.4) is 0 Å². The molecule has 0 saturated carbocycles. The number of hydrogen-bond acceptors (Lipinski definition) is 15. The minimum atomic E-state index is -4.96. The Morgan fingerprint density at radius 2 is 0.484 bits per heavy atom. The Kier molecular flexibility index (Phi) is 65.2. The van der Waals surface area contributed by atoms with E-state index in [1.807, 2.05) is 0 Å². The highest BCUT2D eigenvalue weighted by molar-refractivity contribution is 7.47. The molecular weight excluding hydrogens is 1250 g/mol. The molecule has 564 valence electrons. The molecule has 0 rings (SSSR count). The van der Waals surface area contributed by atoms with Gasteiger partial charge in [0.05, 0.1) is 26.4 Å². The normalized spacial score (nSPS) is 14.1. The van der Waals surface area contributed by atoms with Gasteiger partial charge in [0.15, 0.2) is 12.2 Å². The summed E-state index contributed by atoms with van der Waals surface area (Å²) in [6.07, 6.45) is 52.8. The Morgan fingerprint density at radius 1 is 0.284 bits per heavy atom. The van der Waals surface area contributed by atoms with E-state index in [-0.39, 0.29) is 25.7 Å². The Labute approximate surface area is 581 Å². The van der Waals surface area contributed by atoms with Gasteiger partial charge in [0.25, 0.3) is 0 Å². The number of aliphatic hydroxyl groups is 1. The Balaban J connectivity index is 5.20. The monoisotopic (exact) mass is 1400 g/mol. The van der Waals surface area contributed by atoms with Crippen molar-refractivity contribution in [3.05, 3.63) is 0 Å². The first-order valence-electron chi connectivity index (χ1n) is 39.3. The second kappa shape index (κ2) is 66.6. The average Bonchev–Trinajstić information content (AvgIpc) is 2.12. The van der Waals surface area contributed by atoms with Gasteiger partial charge in [0.1, 0.15) is 19.3 Å². The molecule has 19 heteroatoms. The van der Waals surface area contributed by atoms with Gasteiger partial charge in [-0.1, -0.05) is 337 Å². The molecule has 0 heterocycles. The molecule has 0 aromatic carbocycles. The number of esters is 4. The maximum atomic E-state index is 13.1. The number of aliphatic hydroxyl groups excluding tert-OH is 1. The molecule has 0 fully saturated rings. The van der Waals surface area contributed by atoms with Gasteiger partial charge >= 0.3 is 39.5 Å². The van der Waals surface area contributed by atoms with Gasteiger partial charge in [0, 0.05) is 25.7 Å². The number of ether oxygens (including phenoxy) is 4. The molecule has 0 aliphatic carbocycles. The highest BCUT2D eigenvalue weighted by Crippen LogP contribution is 2.45. The number of rotatable bonds is 74. The minimum Gasteiger partial charge on any atom is -0.462 e. The van der Waals surface area contributed by atoms with Crippen LogP contribution in [0.5, 0.6) is 0 Å². The minimum absolute atomic E-state index is 0.106. The fourth-order valence-electron chi connectivity index (χ4n) is 11.6. The molecule has 0 aromatic heterocycles. The van der Waals surface area contributed by atoms with E-state index in [9.17, 15) is 43.2 Å². The van der Waals surface area contributed by atoms with Crippen LogP contribution in [0, 0.1) is 17.8 Å². The lowest BCUT2D eigenvalue weighted by Crippen LogP contribution is -2.30. The first kappa shape index (κ1) is 93.1. The topological polar surface area (TPSA) is 237 Å². The van der Waals surface area contributed by atoms with E-state index in [1.165, 1.54) is 186 Å². The van der Waals surface area contributed by atoms with Crippen LogP contribution < -0.4 is 0 Å². The van der Waals surface area contributed by atoms with Crippen LogP contribution in [-0.4, -0.2) is 96.7 Å². The number of phosphoric acid groups is 2. The third-order valence-corrected chi connectivity index (χ3v) is 19.5. The predicted molar refractivity (Wildman–Crippen MR) is 386 cm³/mol. The van der Waals surface area contributed by atoms with Crippen molar-refractivity contribution >= 4 is 39.5 Å². The molecular formula is C76H148O17P2. The lowest BCUT2D eigenvalue weighted by molar-refractivity contribution is -0.161. The van der Waals surface area contributed by atoms with Crippen LogP contribution in [0.1, 0.15) is 389 Å². The summed E-state index contributed by atoms with van der Waals surface area (Å²) in [6.45, 7) is 11.9. The summed E-state index contributed by atoms with van der Waals surface area (Å²) >= 11 is 0. The van der Waals surface area contributed by atoms with E-state index < -0.39 is 97.5 Å². The first-order valence-corrected chi connectivity index (χ1v) is 42.3. The van der Waals surface area contributed by atoms with E-state index in [0.717, 1.165) is 120 Å². The second-order valence-corrected chi connectivity index (χ2v) is 31.7. The summed E-state index contributed by atoms with van der Waals surface area (Å²) in [5.41, 5.74) is 0. The van der Waals surface area contributed by atoms with Gasteiger partial charge in [-0.2, -0.15) is 0 Å². The average molecular weight is 1400 g/mol. The molecule has 3 N–H and O–H groups in total. The molecule has 2 unspecified atom stereocenters. The Bertz CT molecular complexity index is 1850. The number of unbranched alkanes of at least 4 members (excludes halogenated alkanes) is 42. The van der Waals surface area contributed by atoms with Crippen LogP contribution >= 0.6 is 15.6 Å². The summed E-state index contributed by atoms with van der Waals surface area (Å²) in [5.74, 6) is 0.238. The van der Waals surface area contributed by atoms with Crippen molar-refractivity contribution in [2.75, 3.05) is 39.6 Å². The lowest BCUT2D eigenvalue weighted by atomic mass is 10.0. The molecule has 5 atom stereocenters. The van der Waals surface area contributed by atoms with E-state index in [2.05, 4.69) is 48.5 Å². The molecule has 0 spiro atoms. The van der Waals surface area contributed by atoms with Crippen LogP contribution in [0.2, 0.25) is 0 Å². The predicted octanol–water partition coefficient (Wildman–Crippen LogP) is 22.2. The van der Waals surface area contributed by atoms with Crippen molar-refractivity contribution in [2.45, 2.75) is 407 Å². The highest BCUT2D eigenvalue weighted by Gasteiger charge is 2.30. The van der Waals surface area contributed by atoms with Crippen LogP contribution in [-0.2, 0) is 65.4 Å². The molecule has 0 aliphatic rings. The zero-order valence-corrected chi connectivity index (χ0v) is 63.9. The van der Waals surface area contributed by atoms with Gasteiger partial charge in [-0.3, -0.25) is 37.3 Å². The van der Waals surface area contributed by atoms with Crippen LogP contribution in [0.25, 0.3) is 0 Å². The Hall–Kier alpha value is -1.94. The summed E-state index contributed by atoms with van der Waals surface area (Å²) in [6, 6.07) is 0. The third kappa shape index (κ3) is 70.3. The lowest BCUT2D eigenvalue weighted by Gasteiger charge is -2.21. The number of hydrogen-bond donors (Lipinski definition) is 3. The largest absolute Gasteiger partial charge is 0.472 e. The highest BCUT2D eigenvalue weighted by atomic mass is 31.2. The van der Waals surface area contributed by atoms with E-state index in [4.69, 9.17) is 37.0 Å². The molecule has 0 amide bonds. The van der Waals surface area contributed by atoms with E-state index >= 15 is 0 Å². The smallest absolute Gasteiger partial charge is 0.462 e. The molecule has 17 nitrogen and oxygen atoms in total. The van der Waals surface area contributed by atoms with Crippen LogP contribution in [0.15, 0.2) is 0 Å². The van der Waals surface area contributed by atoms with Gasteiger partial charge in [-0.15, -0.1) is 0 Å². The van der Waals surface area contributed by atoms with Crippen molar-refractivity contribution in [3.63, 3.8) is 0 Å². The molecule has 95 heavy (non-hydrogen) atoms. The summed E-state index contributed by atoms with van der Waals surface area (Å²) < 4.78 is 68.4. The quantitative estimate of drug-likeness (QED) is 0.0222. The number of phosphoric ester groups is 2. The number of carbonyl (C=O) groups is 4. The van der Waals surface area contributed by atoms with Gasteiger partial charge in [0.2, 0.25) is 0 Å². The molecule has 0 radical (unpaired) electrons. The first-order chi connectivity index (χ1) is 45.7. The van der Waals surface area contributed by atoms with Crippen molar-refractivity contribution in [1.29, 1.82) is 0 Å². The summed E-state index contributed by atoms with van der Waals surface area (Å²) in [4.78, 5) is 72.7. The van der Waals surface area contributed by atoms with E-state index in [1.54, 1.807) is 0 Å². The van der Waals surface area contributed by atoms with Crippen molar-refractivity contribution < 1.29 is 80.2 Å². The molecule has 0 aliphatic heterocycles. The van der Waals surface area contributed by atoms with Crippen molar-refractivity contribution in [1.82, 2.24) is 0 Å². The SMILES string of the molecule is CCCCCCCCCC(=O)OC[C@H](COP(=O)(O)OC[C@H](O)COP(=O)(O)OC[C@@H](COC(=O)CCCCCCCCCCCCCCCC(C)C)OC(=O)CCCCCCCCCCCCCCCCCC(C)C)OC(=O)CCCCCCCCCCCCCC(C)C. The maximum absolute atomic E-state index is 13.1. The van der Waals surface area contributed by atoms with Crippen molar-refractivity contribution in [3.8, 4) is 0 Å². The van der Waals surface area contributed by atoms with Crippen molar-refractivity contribution in [2.24, 2.45) is 17.8 Å². The van der Waals surface area contributed by atoms with Gasteiger partial charge < -0.3 is 33.8 Å². The molecule has 0 saturated heterocycles. The summed E-state index contributed by atoms with van der Waals surface area (Å²) in [5, 5.41) is 10.6. The zero-order valence-electron chi connectivity index (χ0n) is 62.1. The maximum Gasteiger partial charge on any atom is 0.472 e. The fraction of sp³-hybridized carbons (Fsp3) is 0.947. The molecule has 0 aromatic rings. The van der Waals surface area contributed by atoms with Crippen LogP contribution in [0.4, 0.5) is 0 Å². The zero-order chi connectivity index (χ0) is 70.1. The fourth-order valence-corrected chi connectivity index (χ4v) is 13.2. The van der Waals surface area contributed by atoms with E-state index in [0.29, 0.717) is 25.7 Å². The summed E-state index contributed by atoms with van der Waals surface area (Å²) in [7, 11) is -9.91. The van der Waals surface area contributed by atoms with Gasteiger partial charge in [-0.25, -0.2) is 9.13 Å². The Morgan fingerprint density at radius 3 is 0.716 bits per heavy atom. The number of carbonyl (C=O) groups excluding carboxylic acids is 4. The third-order valence-electron chi connectivity index (χ3n) is 17.6. The standard InChI is InChI=1S/C76H148O17P2/c1-8-9-10-11-33-43-50-57-73(78)86-63-71(92-76(81)60-53-46-39-32-26-20-23-29-36-42-49-56-69(6)7)65-90-94(82,83)88-61-70(77)62-89-95(84,85)91-66-72(64-87-74(79)58-51-44-37-30-24-19-15-17-22-28-35-41-48-55-68(4)5)93-75(80)59-52-45-38-31-25-18-14-12-13-16-21-27-34-40-47-54-67(2)3/h67-72,77H,8-66H2,1-7H3,(H,82,83)(H,84,85)/t70-,71+,72+/m0/s1. The second-order valence-electron chi connectivity index (χ2n) is 28.8.